The predicted molar refractivity (Wildman–Crippen MR) is 80.2 cm³/mol. The highest BCUT2D eigenvalue weighted by Crippen LogP contribution is 2.26. The number of carbonyl (C=O) groups is 1. The highest BCUT2D eigenvalue weighted by atomic mass is 32.2. The fourth-order valence-corrected chi connectivity index (χ4v) is 2.69. The maximum absolute atomic E-state index is 13.4. The number of hydrogen-bond donors (Lipinski definition) is 1. The van der Waals surface area contributed by atoms with Gasteiger partial charge in [-0.25, -0.2) is 12.8 Å². The molecule has 9 heteroatoms. The van der Waals surface area contributed by atoms with E-state index in [0.717, 1.165) is 18.2 Å². The zero-order valence-corrected chi connectivity index (χ0v) is 12.9. The van der Waals surface area contributed by atoms with E-state index in [0.29, 0.717) is 0 Å². The number of alkyl halides is 2. The van der Waals surface area contributed by atoms with E-state index in [9.17, 15) is 26.4 Å². The Balaban J connectivity index is 2.12. The van der Waals surface area contributed by atoms with Gasteiger partial charge in [-0.1, -0.05) is 24.3 Å². The van der Waals surface area contributed by atoms with E-state index >= 15 is 0 Å². The number of benzene rings is 2. The van der Waals surface area contributed by atoms with Gasteiger partial charge in [0.25, 0.3) is 5.91 Å². The molecule has 0 aliphatic rings. The fourth-order valence-electron chi connectivity index (χ4n) is 1.81. The first-order chi connectivity index (χ1) is 11.3. The van der Waals surface area contributed by atoms with E-state index in [1.807, 2.05) is 0 Å². The molecular weight excluding hydrogens is 347 g/mol. The van der Waals surface area contributed by atoms with Crippen LogP contribution in [0.4, 0.5) is 18.9 Å². The van der Waals surface area contributed by atoms with Crippen LogP contribution in [0.15, 0.2) is 53.4 Å². The Kier molecular flexibility index (Phi) is 5.45. The zero-order chi connectivity index (χ0) is 17.7. The molecule has 2 rings (SSSR count). The van der Waals surface area contributed by atoms with Crippen molar-refractivity contribution < 1.29 is 31.1 Å². The molecule has 0 saturated heterocycles. The molecule has 0 unspecified atom stereocenters. The third kappa shape index (κ3) is 4.05. The number of para-hydroxylation sites is 2. The van der Waals surface area contributed by atoms with Gasteiger partial charge in [-0.3, -0.25) is 4.79 Å². The Labute approximate surface area is 136 Å². The number of carbonyl (C=O) groups excluding carboxylic acids is 1. The Morgan fingerprint density at radius 2 is 1.71 bits per heavy atom. The lowest BCUT2D eigenvalue weighted by molar-refractivity contribution is -0.118. The molecule has 2 aromatic rings. The molecule has 0 bridgehead atoms. The van der Waals surface area contributed by atoms with E-state index in [-0.39, 0.29) is 11.4 Å². The monoisotopic (exact) mass is 359 g/mol. The lowest BCUT2D eigenvalue weighted by atomic mass is 10.3. The van der Waals surface area contributed by atoms with Gasteiger partial charge in [0, 0.05) is 0 Å². The van der Waals surface area contributed by atoms with Crippen LogP contribution in [0.1, 0.15) is 0 Å². The Hall–Kier alpha value is -2.55. The van der Waals surface area contributed by atoms with Gasteiger partial charge in [-0.15, -0.1) is 0 Å². The summed E-state index contributed by atoms with van der Waals surface area (Å²) in [5.41, 5.74) is -0.306. The molecule has 128 valence electrons. The van der Waals surface area contributed by atoms with Crippen LogP contribution in [-0.4, -0.2) is 26.7 Å². The van der Waals surface area contributed by atoms with E-state index in [1.165, 1.54) is 30.3 Å². The number of halogens is 3. The number of nitrogens with one attached hydrogen (secondary N) is 1. The van der Waals surface area contributed by atoms with Crippen LogP contribution in [0.3, 0.4) is 0 Å². The van der Waals surface area contributed by atoms with Gasteiger partial charge in [0.2, 0.25) is 9.84 Å². The van der Waals surface area contributed by atoms with E-state index in [4.69, 9.17) is 4.74 Å². The molecule has 24 heavy (non-hydrogen) atoms. The minimum atomic E-state index is -4.88. The third-order valence-corrected chi connectivity index (χ3v) is 4.34. The molecule has 0 radical (unpaired) electrons. The number of ether oxygens (including phenoxy) is 1. The molecule has 0 aliphatic heterocycles. The Morgan fingerprint density at radius 3 is 2.38 bits per heavy atom. The maximum Gasteiger partial charge on any atom is 0.341 e. The molecule has 5 nitrogen and oxygen atoms in total. The average molecular weight is 359 g/mol. The molecule has 0 spiro atoms. The average Bonchev–Trinajstić information content (AvgIpc) is 2.54. The first kappa shape index (κ1) is 17.8. The summed E-state index contributed by atoms with van der Waals surface area (Å²) in [6, 6.07) is 10.1. The molecule has 0 atom stereocenters. The molecule has 0 aromatic heterocycles. The van der Waals surface area contributed by atoms with Crippen molar-refractivity contribution in [3.63, 3.8) is 0 Å². The van der Waals surface area contributed by atoms with Crippen molar-refractivity contribution in [3.8, 4) is 5.75 Å². The van der Waals surface area contributed by atoms with Crippen molar-refractivity contribution in [3.05, 3.63) is 54.3 Å². The second-order valence-electron chi connectivity index (χ2n) is 4.57. The lowest BCUT2D eigenvalue weighted by Crippen LogP contribution is -2.22. The first-order valence-corrected chi connectivity index (χ1v) is 8.15. The summed E-state index contributed by atoms with van der Waals surface area (Å²) in [4.78, 5) is 11.1. The summed E-state index contributed by atoms with van der Waals surface area (Å²) in [5.74, 6) is -5.28. The zero-order valence-electron chi connectivity index (χ0n) is 12.1. The maximum atomic E-state index is 13.4. The second kappa shape index (κ2) is 7.35. The van der Waals surface area contributed by atoms with Gasteiger partial charge in [-0.05, 0) is 24.3 Å². The third-order valence-electron chi connectivity index (χ3n) is 2.90. The largest absolute Gasteiger partial charge is 0.481 e. The molecule has 0 saturated carbocycles. The van der Waals surface area contributed by atoms with Gasteiger partial charge in [0.15, 0.2) is 18.2 Å². The van der Waals surface area contributed by atoms with E-state index in [2.05, 4.69) is 5.32 Å². The normalized spacial score (nSPS) is 11.3. The van der Waals surface area contributed by atoms with Crippen molar-refractivity contribution in [2.24, 2.45) is 0 Å². The van der Waals surface area contributed by atoms with Crippen LogP contribution in [-0.2, 0) is 14.6 Å². The van der Waals surface area contributed by atoms with Crippen LogP contribution in [0, 0.1) is 5.82 Å². The standard InChI is InChI=1S/C15H12F3NO4S/c16-10-5-1-3-7-12(10)23-9-14(20)19-11-6-2-4-8-13(11)24(21,22)15(17)18/h1-8,15H,9H2,(H,19,20). The minimum absolute atomic E-state index is 0.166. The smallest absolute Gasteiger partial charge is 0.341 e. The summed E-state index contributed by atoms with van der Waals surface area (Å²) in [7, 11) is -4.88. The molecule has 1 amide bonds. The lowest BCUT2D eigenvalue weighted by Gasteiger charge is -2.12. The van der Waals surface area contributed by atoms with Gasteiger partial charge in [0.05, 0.1) is 10.6 Å². The second-order valence-corrected chi connectivity index (χ2v) is 6.46. The van der Waals surface area contributed by atoms with Gasteiger partial charge < -0.3 is 10.1 Å². The van der Waals surface area contributed by atoms with Crippen LogP contribution in [0.5, 0.6) is 5.75 Å². The van der Waals surface area contributed by atoms with Crippen LogP contribution >= 0.6 is 0 Å². The molecule has 2 aromatic carbocycles. The highest BCUT2D eigenvalue weighted by molar-refractivity contribution is 7.91. The number of hydrogen-bond acceptors (Lipinski definition) is 4. The van der Waals surface area contributed by atoms with Crippen LogP contribution in [0.2, 0.25) is 0 Å². The van der Waals surface area contributed by atoms with Crippen molar-refractivity contribution in [1.29, 1.82) is 0 Å². The van der Waals surface area contributed by atoms with Crippen molar-refractivity contribution in [2.75, 3.05) is 11.9 Å². The van der Waals surface area contributed by atoms with Crippen LogP contribution in [0.25, 0.3) is 0 Å². The van der Waals surface area contributed by atoms with Crippen molar-refractivity contribution in [2.45, 2.75) is 10.7 Å². The molecule has 1 N–H and O–H groups in total. The predicted octanol–water partition coefficient (Wildman–Crippen LogP) is 2.84. The van der Waals surface area contributed by atoms with Gasteiger partial charge >= 0.3 is 5.76 Å². The quantitative estimate of drug-likeness (QED) is 0.861. The Bertz CT molecular complexity index is 840. The summed E-state index contributed by atoms with van der Waals surface area (Å²) in [6.07, 6.45) is 0. The molecule has 0 fully saturated rings. The summed E-state index contributed by atoms with van der Waals surface area (Å²) in [6.45, 7) is -0.621. The SMILES string of the molecule is O=C(COc1ccccc1F)Nc1ccccc1S(=O)(=O)C(F)F. The Morgan fingerprint density at radius 1 is 1.08 bits per heavy atom. The van der Waals surface area contributed by atoms with E-state index < -0.39 is 38.8 Å². The molecule has 0 heterocycles. The van der Waals surface area contributed by atoms with E-state index in [1.54, 1.807) is 0 Å². The fraction of sp³-hybridized carbons (Fsp3) is 0.133. The summed E-state index contributed by atoms with van der Waals surface area (Å²) >= 11 is 0. The number of anilines is 1. The van der Waals surface area contributed by atoms with Crippen LogP contribution < -0.4 is 10.1 Å². The van der Waals surface area contributed by atoms with Crippen molar-refractivity contribution in [1.82, 2.24) is 0 Å². The first-order valence-electron chi connectivity index (χ1n) is 6.60. The van der Waals surface area contributed by atoms with Crippen molar-refractivity contribution >= 4 is 21.4 Å². The number of rotatable bonds is 6. The number of amides is 1. The molecule has 0 aliphatic carbocycles. The molecular formula is C15H12F3NO4S. The highest BCUT2D eigenvalue weighted by Gasteiger charge is 2.29. The van der Waals surface area contributed by atoms with Gasteiger partial charge in [-0.2, -0.15) is 8.78 Å². The minimum Gasteiger partial charge on any atom is -0.481 e. The van der Waals surface area contributed by atoms with Gasteiger partial charge in [0.1, 0.15) is 0 Å². The topological polar surface area (TPSA) is 72.5 Å². The summed E-state index contributed by atoms with van der Waals surface area (Å²) < 4.78 is 66.8. The summed E-state index contributed by atoms with van der Waals surface area (Å²) in [5, 5.41) is 2.16. The number of sulfone groups is 1.